The Labute approximate surface area is 136 Å². The van der Waals surface area contributed by atoms with E-state index in [-0.39, 0.29) is 5.78 Å². The van der Waals surface area contributed by atoms with E-state index < -0.39 is 40.7 Å². The van der Waals surface area contributed by atoms with Gasteiger partial charge in [0.05, 0.1) is 0 Å². The highest BCUT2D eigenvalue weighted by atomic mass is 35.6. The molecule has 9 heteroatoms. The minimum Gasteiger partial charge on any atom is -0.456 e. The Morgan fingerprint density at radius 3 is 2.33 bits per heavy atom. The number of alkyl halides is 3. The maximum atomic E-state index is 11.2. The molecule has 0 bridgehead atoms. The van der Waals surface area contributed by atoms with Crippen LogP contribution in [0.25, 0.3) is 0 Å². The summed E-state index contributed by atoms with van der Waals surface area (Å²) in [4.78, 5) is 22.2. The summed E-state index contributed by atoms with van der Waals surface area (Å²) >= 11 is 17.1. The molecule has 0 saturated carbocycles. The summed E-state index contributed by atoms with van der Waals surface area (Å²) in [6.45, 7) is 2.64. The van der Waals surface area contributed by atoms with Gasteiger partial charge in [-0.25, -0.2) is 0 Å². The highest BCUT2D eigenvalue weighted by molar-refractivity contribution is 6.67. The summed E-state index contributed by atoms with van der Waals surface area (Å²) in [5.41, 5.74) is 0. The third kappa shape index (κ3) is 4.09. The molecule has 0 aromatic rings. The number of rotatable bonds is 3. The molecule has 21 heavy (non-hydrogen) atoms. The minimum atomic E-state index is -1.79. The Morgan fingerprint density at radius 2 is 1.81 bits per heavy atom. The molecule has 0 aromatic carbocycles. The molecule has 0 spiro atoms. The Morgan fingerprint density at radius 1 is 1.14 bits per heavy atom. The Balaban J connectivity index is 2.13. The van der Waals surface area contributed by atoms with Crippen LogP contribution in [0.4, 0.5) is 0 Å². The van der Waals surface area contributed by atoms with Crippen molar-refractivity contribution >= 4 is 46.6 Å². The van der Waals surface area contributed by atoms with E-state index in [0.717, 1.165) is 0 Å². The van der Waals surface area contributed by atoms with Gasteiger partial charge in [0.15, 0.2) is 24.3 Å². The maximum Gasteiger partial charge on any atom is 0.303 e. The number of halogens is 3. The maximum absolute atomic E-state index is 11.2. The minimum absolute atomic E-state index is 0.168. The molecule has 2 heterocycles. The van der Waals surface area contributed by atoms with Crippen LogP contribution in [0.15, 0.2) is 12.2 Å². The van der Waals surface area contributed by atoms with Gasteiger partial charge < -0.3 is 18.9 Å². The molecule has 2 fully saturated rings. The van der Waals surface area contributed by atoms with Crippen molar-refractivity contribution in [2.45, 2.75) is 48.5 Å². The lowest BCUT2D eigenvalue weighted by atomic mass is 10.1. The van der Waals surface area contributed by atoms with Crippen molar-refractivity contribution in [2.75, 3.05) is 0 Å². The van der Waals surface area contributed by atoms with Gasteiger partial charge in [0.1, 0.15) is 6.10 Å². The lowest BCUT2D eigenvalue weighted by Gasteiger charge is -2.23. The van der Waals surface area contributed by atoms with Gasteiger partial charge >= 0.3 is 5.97 Å². The van der Waals surface area contributed by atoms with Gasteiger partial charge in [-0.1, -0.05) is 34.8 Å². The van der Waals surface area contributed by atoms with E-state index in [1.165, 1.54) is 26.0 Å². The number of ketones is 1. The van der Waals surface area contributed by atoms with Crippen molar-refractivity contribution in [2.24, 2.45) is 0 Å². The van der Waals surface area contributed by atoms with Crippen molar-refractivity contribution in [3.05, 3.63) is 12.2 Å². The molecule has 6 nitrogen and oxygen atoms in total. The van der Waals surface area contributed by atoms with Gasteiger partial charge in [-0.2, -0.15) is 0 Å². The predicted octanol–water partition coefficient (Wildman–Crippen LogP) is 1.90. The number of ether oxygens (including phenoxy) is 4. The number of esters is 1. The highest BCUT2D eigenvalue weighted by Crippen LogP contribution is 2.43. The smallest absolute Gasteiger partial charge is 0.303 e. The van der Waals surface area contributed by atoms with Crippen LogP contribution >= 0.6 is 34.8 Å². The number of allylic oxidation sites excluding steroid dienone is 1. The van der Waals surface area contributed by atoms with Gasteiger partial charge in [0.2, 0.25) is 10.1 Å². The Hall–Kier alpha value is -0.370. The largest absolute Gasteiger partial charge is 0.456 e. The topological polar surface area (TPSA) is 71.1 Å². The summed E-state index contributed by atoms with van der Waals surface area (Å²) < 4.78 is 19.7. The molecule has 0 aromatic heterocycles. The second kappa shape index (κ2) is 6.40. The van der Waals surface area contributed by atoms with E-state index >= 15 is 0 Å². The normalized spacial score (nSPS) is 36.0. The number of hydrogen-bond donors (Lipinski definition) is 0. The molecule has 0 unspecified atom stereocenters. The third-order valence-electron chi connectivity index (χ3n) is 2.84. The first-order chi connectivity index (χ1) is 9.68. The molecule has 2 saturated heterocycles. The molecule has 0 aliphatic carbocycles. The molecular formula is C12H13Cl3O6. The number of fused-ring (bicyclic) bond motifs is 1. The molecule has 2 rings (SSSR count). The van der Waals surface area contributed by atoms with E-state index in [4.69, 9.17) is 53.8 Å². The van der Waals surface area contributed by atoms with E-state index in [1.807, 2.05) is 0 Å². The van der Waals surface area contributed by atoms with Crippen molar-refractivity contribution in [3.63, 3.8) is 0 Å². The van der Waals surface area contributed by atoms with Gasteiger partial charge in [-0.3, -0.25) is 9.59 Å². The molecule has 2 aliphatic heterocycles. The van der Waals surface area contributed by atoms with Crippen LogP contribution in [0, 0.1) is 0 Å². The summed E-state index contributed by atoms with van der Waals surface area (Å²) in [5.74, 6) is -0.690. The monoisotopic (exact) mass is 358 g/mol. The molecular weight excluding hydrogens is 346 g/mol. The van der Waals surface area contributed by atoms with Crippen molar-refractivity contribution in [1.82, 2.24) is 0 Å². The fraction of sp³-hybridized carbons (Fsp3) is 0.667. The summed E-state index contributed by atoms with van der Waals surface area (Å²) in [5, 5.41) is 0. The lowest BCUT2D eigenvalue weighted by molar-refractivity contribution is -0.171. The number of carbonyl (C=O) groups is 2. The first-order valence-electron chi connectivity index (χ1n) is 6.07. The van der Waals surface area contributed by atoms with Crippen LogP contribution < -0.4 is 0 Å². The van der Waals surface area contributed by atoms with Gasteiger partial charge in [-0.05, 0) is 19.1 Å². The van der Waals surface area contributed by atoms with Crippen LogP contribution in [0.1, 0.15) is 13.8 Å². The van der Waals surface area contributed by atoms with Crippen molar-refractivity contribution < 1.29 is 28.5 Å². The zero-order chi connectivity index (χ0) is 15.8. The first-order valence-corrected chi connectivity index (χ1v) is 7.21. The lowest BCUT2D eigenvalue weighted by Crippen LogP contribution is -2.37. The zero-order valence-corrected chi connectivity index (χ0v) is 13.4. The molecule has 0 amide bonds. The third-order valence-corrected chi connectivity index (χ3v) is 3.37. The highest BCUT2D eigenvalue weighted by Gasteiger charge is 2.57. The van der Waals surface area contributed by atoms with Crippen molar-refractivity contribution in [3.8, 4) is 0 Å². The van der Waals surface area contributed by atoms with Crippen molar-refractivity contribution in [1.29, 1.82) is 0 Å². The first kappa shape index (κ1) is 17.0. The number of carbonyl (C=O) groups excluding carboxylic acids is 2. The quantitative estimate of drug-likeness (QED) is 0.435. The number of hydrogen-bond acceptors (Lipinski definition) is 6. The van der Waals surface area contributed by atoms with Gasteiger partial charge in [0.25, 0.3) is 0 Å². The fourth-order valence-corrected chi connectivity index (χ4v) is 2.37. The Bertz CT molecular complexity index is 460. The molecule has 0 radical (unpaired) electrons. The second-order valence-corrected chi connectivity index (χ2v) is 6.99. The van der Waals surface area contributed by atoms with Crippen LogP contribution in [0.5, 0.6) is 0 Å². The fourth-order valence-electron chi connectivity index (χ4n) is 2.06. The second-order valence-electron chi connectivity index (χ2n) is 4.62. The van der Waals surface area contributed by atoms with E-state index in [1.54, 1.807) is 0 Å². The average molecular weight is 360 g/mol. The zero-order valence-electron chi connectivity index (χ0n) is 11.1. The SMILES string of the molecule is CC(=O)/C=C/[C@@H]1O[C@@H]2O[C@@H](C(Cl)(Cl)Cl)O[C@@H]2[C@H]1OC(C)=O. The van der Waals surface area contributed by atoms with Crippen LogP contribution in [0.2, 0.25) is 0 Å². The van der Waals surface area contributed by atoms with E-state index in [0.29, 0.717) is 0 Å². The van der Waals surface area contributed by atoms with E-state index in [9.17, 15) is 9.59 Å². The summed E-state index contributed by atoms with van der Waals surface area (Å²) in [7, 11) is 0. The molecule has 118 valence electrons. The Kier molecular flexibility index (Phi) is 5.18. The predicted molar refractivity (Wildman–Crippen MR) is 74.1 cm³/mol. The van der Waals surface area contributed by atoms with Gasteiger partial charge in [0, 0.05) is 6.92 Å². The van der Waals surface area contributed by atoms with E-state index in [2.05, 4.69) is 0 Å². The summed E-state index contributed by atoms with van der Waals surface area (Å²) in [6, 6.07) is 0. The molecule has 5 atom stereocenters. The molecule has 0 N–H and O–H groups in total. The summed E-state index contributed by atoms with van der Waals surface area (Å²) in [6.07, 6.45) is -1.40. The molecule has 2 aliphatic rings. The van der Waals surface area contributed by atoms with Crippen LogP contribution in [-0.2, 0) is 28.5 Å². The van der Waals surface area contributed by atoms with Gasteiger partial charge in [-0.15, -0.1) is 0 Å². The van der Waals surface area contributed by atoms with Crippen LogP contribution in [-0.4, -0.2) is 46.4 Å². The standard InChI is InChI=1S/C12H13Cl3O6/c1-5(16)3-4-7-8(18-6(2)17)9-10(19-7)21-11(20-9)12(13,14)15/h3-4,7-11H,1-2H3/b4-3+/t7-,8-,9+,10+,11-/m0/s1. The van der Waals surface area contributed by atoms with Crippen LogP contribution in [0.3, 0.4) is 0 Å². The average Bonchev–Trinajstić information content (AvgIpc) is 2.85.